The first-order valence-electron chi connectivity index (χ1n) is 6.21. The molecular formula is C14H16F2N2O. The largest absolute Gasteiger partial charge is 0.337 e. The van der Waals surface area contributed by atoms with E-state index in [1.54, 1.807) is 11.8 Å². The standard InChI is InChI=1S/C14H16F2N2O/c1-10(12-3-2-11(15)9-13(12)16)8-14(19)18-6-4-17-5-7-18/h2-3,8-9,17H,4-7H2,1H3. The van der Waals surface area contributed by atoms with Gasteiger partial charge in [0, 0.05) is 43.9 Å². The third kappa shape index (κ3) is 3.38. The molecule has 102 valence electrons. The van der Waals surface area contributed by atoms with Crippen molar-refractivity contribution >= 4 is 11.5 Å². The van der Waals surface area contributed by atoms with E-state index in [2.05, 4.69) is 5.32 Å². The summed E-state index contributed by atoms with van der Waals surface area (Å²) in [5.74, 6) is -1.41. The lowest BCUT2D eigenvalue weighted by Gasteiger charge is -2.26. The van der Waals surface area contributed by atoms with Gasteiger partial charge in [-0.25, -0.2) is 8.78 Å². The Balaban J connectivity index is 2.15. The second kappa shape index (κ2) is 5.93. The molecule has 3 nitrogen and oxygen atoms in total. The molecule has 1 aromatic rings. The zero-order valence-corrected chi connectivity index (χ0v) is 10.7. The molecule has 19 heavy (non-hydrogen) atoms. The number of nitrogens with zero attached hydrogens (tertiary/aromatic N) is 1. The zero-order valence-electron chi connectivity index (χ0n) is 10.7. The summed E-state index contributed by atoms with van der Waals surface area (Å²) in [5, 5.41) is 3.15. The third-order valence-corrected chi connectivity index (χ3v) is 3.12. The van der Waals surface area contributed by atoms with E-state index in [0.717, 1.165) is 19.2 Å². The van der Waals surface area contributed by atoms with Gasteiger partial charge in [-0.2, -0.15) is 0 Å². The fourth-order valence-corrected chi connectivity index (χ4v) is 2.05. The lowest BCUT2D eigenvalue weighted by molar-refractivity contribution is -0.126. The summed E-state index contributed by atoms with van der Waals surface area (Å²) in [4.78, 5) is 13.7. The third-order valence-electron chi connectivity index (χ3n) is 3.12. The van der Waals surface area contributed by atoms with Gasteiger partial charge in [0.2, 0.25) is 5.91 Å². The van der Waals surface area contributed by atoms with Crippen LogP contribution >= 0.6 is 0 Å². The van der Waals surface area contributed by atoms with Crippen molar-refractivity contribution in [2.45, 2.75) is 6.92 Å². The molecule has 0 radical (unpaired) electrons. The smallest absolute Gasteiger partial charge is 0.246 e. The van der Waals surface area contributed by atoms with Crippen LogP contribution in [0.4, 0.5) is 8.78 Å². The predicted molar refractivity (Wildman–Crippen MR) is 69.5 cm³/mol. The van der Waals surface area contributed by atoms with E-state index in [4.69, 9.17) is 0 Å². The number of hydrogen-bond acceptors (Lipinski definition) is 2. The van der Waals surface area contributed by atoms with Crippen LogP contribution in [0.1, 0.15) is 12.5 Å². The lowest BCUT2D eigenvalue weighted by Crippen LogP contribution is -2.45. The first-order valence-corrected chi connectivity index (χ1v) is 6.21. The Kier molecular flexibility index (Phi) is 4.27. The zero-order chi connectivity index (χ0) is 13.8. The van der Waals surface area contributed by atoms with Crippen LogP contribution in [0.5, 0.6) is 0 Å². The summed E-state index contributed by atoms with van der Waals surface area (Å²) >= 11 is 0. The van der Waals surface area contributed by atoms with Crippen LogP contribution in [0.25, 0.3) is 5.57 Å². The Bertz CT molecular complexity index is 508. The highest BCUT2D eigenvalue weighted by molar-refractivity contribution is 5.95. The van der Waals surface area contributed by atoms with Gasteiger partial charge < -0.3 is 10.2 Å². The van der Waals surface area contributed by atoms with Crippen molar-refractivity contribution in [3.63, 3.8) is 0 Å². The van der Waals surface area contributed by atoms with E-state index in [1.807, 2.05) is 0 Å². The van der Waals surface area contributed by atoms with Crippen molar-refractivity contribution in [3.8, 4) is 0 Å². The van der Waals surface area contributed by atoms with Gasteiger partial charge >= 0.3 is 0 Å². The predicted octanol–water partition coefficient (Wildman–Crippen LogP) is 1.80. The van der Waals surface area contributed by atoms with Crippen molar-refractivity contribution in [2.75, 3.05) is 26.2 Å². The van der Waals surface area contributed by atoms with Crippen LogP contribution in [-0.4, -0.2) is 37.0 Å². The first-order chi connectivity index (χ1) is 9.08. The molecule has 0 atom stereocenters. The summed E-state index contributed by atoms with van der Waals surface area (Å²) in [6, 6.07) is 3.36. The molecule has 1 aromatic carbocycles. The van der Waals surface area contributed by atoms with E-state index in [9.17, 15) is 13.6 Å². The monoisotopic (exact) mass is 266 g/mol. The molecule has 1 amide bonds. The second-order valence-corrected chi connectivity index (χ2v) is 4.53. The molecule has 2 rings (SSSR count). The Morgan fingerprint density at radius 1 is 1.32 bits per heavy atom. The average Bonchev–Trinajstić information content (AvgIpc) is 2.39. The maximum Gasteiger partial charge on any atom is 0.246 e. The fourth-order valence-electron chi connectivity index (χ4n) is 2.05. The minimum Gasteiger partial charge on any atom is -0.337 e. The summed E-state index contributed by atoms with van der Waals surface area (Å²) in [6.07, 6.45) is 1.40. The number of rotatable bonds is 2. The molecule has 0 saturated carbocycles. The number of nitrogens with one attached hydrogen (secondary N) is 1. The Morgan fingerprint density at radius 3 is 2.63 bits per heavy atom. The number of carbonyl (C=O) groups is 1. The van der Waals surface area contributed by atoms with Crippen LogP contribution in [0.2, 0.25) is 0 Å². The molecule has 1 heterocycles. The number of hydrogen-bond donors (Lipinski definition) is 1. The van der Waals surface area contributed by atoms with Crippen LogP contribution in [0.15, 0.2) is 24.3 Å². The molecule has 1 aliphatic heterocycles. The normalized spacial score (nSPS) is 16.6. The van der Waals surface area contributed by atoms with Crippen LogP contribution in [-0.2, 0) is 4.79 Å². The Morgan fingerprint density at radius 2 is 2.00 bits per heavy atom. The van der Waals surface area contributed by atoms with Gasteiger partial charge in [0.15, 0.2) is 0 Å². The van der Waals surface area contributed by atoms with E-state index in [1.165, 1.54) is 18.2 Å². The molecule has 1 saturated heterocycles. The summed E-state index contributed by atoms with van der Waals surface area (Å²) in [6.45, 7) is 4.48. The van der Waals surface area contributed by atoms with E-state index >= 15 is 0 Å². The van der Waals surface area contributed by atoms with Gasteiger partial charge in [-0.15, -0.1) is 0 Å². The van der Waals surface area contributed by atoms with E-state index < -0.39 is 11.6 Å². The number of amides is 1. The van der Waals surface area contributed by atoms with Crippen LogP contribution in [0, 0.1) is 11.6 Å². The minimum atomic E-state index is -0.651. The second-order valence-electron chi connectivity index (χ2n) is 4.53. The van der Waals surface area contributed by atoms with Crippen molar-refractivity contribution in [3.05, 3.63) is 41.5 Å². The highest BCUT2D eigenvalue weighted by atomic mass is 19.1. The molecule has 0 bridgehead atoms. The number of benzene rings is 1. The molecule has 1 fully saturated rings. The van der Waals surface area contributed by atoms with Crippen molar-refractivity contribution in [1.29, 1.82) is 0 Å². The topological polar surface area (TPSA) is 32.3 Å². The molecule has 1 N–H and O–H groups in total. The highest BCUT2D eigenvalue weighted by Gasteiger charge is 2.15. The molecule has 0 aliphatic carbocycles. The minimum absolute atomic E-state index is 0.136. The van der Waals surface area contributed by atoms with Gasteiger partial charge in [0.1, 0.15) is 11.6 Å². The Hall–Kier alpha value is -1.75. The number of halogens is 2. The van der Waals surface area contributed by atoms with Crippen molar-refractivity contribution < 1.29 is 13.6 Å². The molecule has 5 heteroatoms. The lowest BCUT2D eigenvalue weighted by atomic mass is 10.1. The maximum absolute atomic E-state index is 13.6. The maximum atomic E-state index is 13.6. The van der Waals surface area contributed by atoms with E-state index in [-0.39, 0.29) is 11.5 Å². The SMILES string of the molecule is CC(=CC(=O)N1CCNCC1)c1ccc(F)cc1F. The quantitative estimate of drug-likeness (QED) is 0.828. The molecule has 0 aromatic heterocycles. The van der Waals surface area contributed by atoms with Crippen molar-refractivity contribution in [1.82, 2.24) is 10.2 Å². The highest BCUT2D eigenvalue weighted by Crippen LogP contribution is 2.19. The van der Waals surface area contributed by atoms with Gasteiger partial charge in [0.05, 0.1) is 0 Å². The van der Waals surface area contributed by atoms with Gasteiger partial charge in [-0.1, -0.05) is 0 Å². The molecular weight excluding hydrogens is 250 g/mol. The number of carbonyl (C=O) groups excluding carboxylic acids is 1. The van der Waals surface area contributed by atoms with Crippen LogP contribution < -0.4 is 5.32 Å². The number of allylic oxidation sites excluding steroid dienone is 1. The average molecular weight is 266 g/mol. The van der Waals surface area contributed by atoms with Crippen molar-refractivity contribution in [2.24, 2.45) is 0 Å². The summed E-state index contributed by atoms with van der Waals surface area (Å²) in [5.41, 5.74) is 0.755. The first kappa shape index (κ1) is 13.7. The summed E-state index contributed by atoms with van der Waals surface area (Å²) in [7, 11) is 0. The fraction of sp³-hybridized carbons (Fsp3) is 0.357. The molecule has 0 spiro atoms. The van der Waals surface area contributed by atoms with Gasteiger partial charge in [0.25, 0.3) is 0 Å². The van der Waals surface area contributed by atoms with Gasteiger partial charge in [-0.05, 0) is 24.6 Å². The Labute approximate surface area is 110 Å². The van der Waals surface area contributed by atoms with E-state index in [0.29, 0.717) is 18.7 Å². The molecule has 0 unspecified atom stereocenters. The molecule has 1 aliphatic rings. The number of piperazine rings is 1. The van der Waals surface area contributed by atoms with Gasteiger partial charge in [-0.3, -0.25) is 4.79 Å². The summed E-state index contributed by atoms with van der Waals surface area (Å²) < 4.78 is 26.4. The van der Waals surface area contributed by atoms with Crippen LogP contribution in [0.3, 0.4) is 0 Å².